The summed E-state index contributed by atoms with van der Waals surface area (Å²) in [5.74, 6) is -0.554. The molecule has 1 N–H and O–H groups in total. The second-order valence-corrected chi connectivity index (χ2v) is 5.75. The number of carbonyl (C=O) groups is 2. The van der Waals surface area contributed by atoms with Crippen LogP contribution in [-0.4, -0.2) is 18.9 Å². The van der Waals surface area contributed by atoms with Crippen LogP contribution in [0.5, 0.6) is 0 Å². The quantitative estimate of drug-likeness (QED) is 0.871. The van der Waals surface area contributed by atoms with Crippen molar-refractivity contribution in [2.24, 2.45) is 0 Å². The van der Waals surface area contributed by atoms with E-state index in [-0.39, 0.29) is 11.8 Å². The predicted octanol–water partition coefficient (Wildman–Crippen LogP) is 2.97. The third kappa shape index (κ3) is 2.39. The normalized spacial score (nSPS) is 13.7. The first kappa shape index (κ1) is 14.0. The van der Waals surface area contributed by atoms with Gasteiger partial charge in [-0.2, -0.15) is 0 Å². The number of hydrogen-bond donors (Lipinski definition) is 1. The molecule has 0 unspecified atom stereocenters. The number of carbonyl (C=O) groups excluding carboxylic acids is 2. The minimum absolute atomic E-state index is 0.274. The van der Waals surface area contributed by atoms with Crippen molar-refractivity contribution < 1.29 is 9.59 Å². The smallest absolute Gasteiger partial charge is 0.266 e. The fraction of sp³-hybridized carbons (Fsp3) is 0.125. The summed E-state index contributed by atoms with van der Waals surface area (Å²) in [6, 6.07) is 12.6. The van der Waals surface area contributed by atoms with Gasteiger partial charge in [0.15, 0.2) is 0 Å². The number of hydrogen-bond acceptors (Lipinski definition) is 3. The van der Waals surface area contributed by atoms with E-state index in [1.165, 1.54) is 4.90 Å². The van der Waals surface area contributed by atoms with Crippen LogP contribution in [0.3, 0.4) is 0 Å². The topological polar surface area (TPSA) is 49.4 Å². The van der Waals surface area contributed by atoms with E-state index in [0.29, 0.717) is 23.4 Å². The molecule has 0 bridgehead atoms. The van der Waals surface area contributed by atoms with Gasteiger partial charge >= 0.3 is 0 Å². The van der Waals surface area contributed by atoms with E-state index < -0.39 is 0 Å². The van der Waals surface area contributed by atoms with Crippen LogP contribution in [0.1, 0.15) is 26.3 Å². The Hall–Kier alpha value is -1.98. The highest BCUT2D eigenvalue weighted by Crippen LogP contribution is 2.30. The first-order valence-electron chi connectivity index (χ1n) is 6.53. The minimum Gasteiger partial charge on any atom is -0.316 e. The van der Waals surface area contributed by atoms with Gasteiger partial charge in [-0.15, -0.1) is 0 Å². The molecule has 0 radical (unpaired) electrons. The van der Waals surface area contributed by atoms with Crippen molar-refractivity contribution in [2.75, 3.05) is 11.9 Å². The maximum atomic E-state index is 12.5. The maximum Gasteiger partial charge on any atom is 0.266 e. The summed E-state index contributed by atoms with van der Waals surface area (Å²) in [6.45, 7) is 0.683. The van der Waals surface area contributed by atoms with Crippen molar-refractivity contribution in [3.05, 3.63) is 63.6 Å². The summed E-state index contributed by atoms with van der Waals surface area (Å²) in [4.78, 5) is 26.2. The highest BCUT2D eigenvalue weighted by Gasteiger charge is 2.36. The summed E-state index contributed by atoms with van der Waals surface area (Å²) in [7, 11) is 1.85. The van der Waals surface area contributed by atoms with Crippen LogP contribution in [-0.2, 0) is 6.54 Å². The summed E-state index contributed by atoms with van der Waals surface area (Å²) in [5, 5.41) is 3.05. The molecule has 0 saturated carbocycles. The van der Waals surface area contributed by atoms with Crippen molar-refractivity contribution in [3.63, 3.8) is 0 Å². The van der Waals surface area contributed by atoms with Crippen LogP contribution >= 0.6 is 15.9 Å². The molecule has 2 aromatic carbocycles. The highest BCUT2D eigenvalue weighted by molar-refractivity contribution is 9.10. The molecule has 21 heavy (non-hydrogen) atoms. The minimum atomic E-state index is -0.280. The van der Waals surface area contributed by atoms with Crippen molar-refractivity contribution in [2.45, 2.75) is 6.54 Å². The third-order valence-electron chi connectivity index (χ3n) is 3.40. The Balaban J connectivity index is 2.03. The number of halogens is 1. The van der Waals surface area contributed by atoms with Gasteiger partial charge in [-0.1, -0.05) is 28.1 Å². The molecule has 3 rings (SSSR count). The molecule has 106 valence electrons. The summed E-state index contributed by atoms with van der Waals surface area (Å²) in [6.07, 6.45) is 0. The SMILES string of the molecule is CNCc1cccc(N2C(=O)c3ccc(Br)cc3C2=O)c1. The zero-order valence-corrected chi connectivity index (χ0v) is 13.0. The van der Waals surface area contributed by atoms with Gasteiger partial charge in [0.2, 0.25) is 0 Å². The third-order valence-corrected chi connectivity index (χ3v) is 3.89. The average Bonchev–Trinajstić information content (AvgIpc) is 2.71. The molecule has 1 aliphatic rings. The molecule has 0 aliphatic carbocycles. The first-order chi connectivity index (χ1) is 10.1. The molecule has 0 aromatic heterocycles. The van der Waals surface area contributed by atoms with Crippen molar-refractivity contribution in [1.29, 1.82) is 0 Å². The maximum absolute atomic E-state index is 12.5. The van der Waals surface area contributed by atoms with E-state index in [1.807, 2.05) is 25.2 Å². The van der Waals surface area contributed by atoms with Crippen molar-refractivity contribution in [1.82, 2.24) is 5.32 Å². The molecule has 0 fully saturated rings. The molecule has 0 atom stereocenters. The van der Waals surface area contributed by atoms with Gasteiger partial charge in [-0.25, -0.2) is 4.90 Å². The number of anilines is 1. The molecule has 2 amide bonds. The molecular formula is C16H13BrN2O2. The average molecular weight is 345 g/mol. The van der Waals surface area contributed by atoms with Gasteiger partial charge in [0, 0.05) is 11.0 Å². The number of nitrogens with zero attached hydrogens (tertiary/aromatic N) is 1. The summed E-state index contributed by atoms with van der Waals surface area (Å²) in [5.41, 5.74) is 2.51. The monoisotopic (exact) mass is 344 g/mol. The van der Waals surface area contributed by atoms with E-state index in [4.69, 9.17) is 0 Å². The van der Waals surface area contributed by atoms with Crippen LogP contribution in [0.4, 0.5) is 5.69 Å². The number of fused-ring (bicyclic) bond motifs is 1. The van der Waals surface area contributed by atoms with Crippen LogP contribution in [0, 0.1) is 0 Å². The Morgan fingerprint density at radius 3 is 2.57 bits per heavy atom. The van der Waals surface area contributed by atoms with E-state index in [1.54, 1.807) is 24.3 Å². The molecule has 0 spiro atoms. The van der Waals surface area contributed by atoms with E-state index in [0.717, 1.165) is 10.0 Å². The fourth-order valence-electron chi connectivity index (χ4n) is 2.46. The van der Waals surface area contributed by atoms with Crippen LogP contribution in [0.2, 0.25) is 0 Å². The lowest BCUT2D eigenvalue weighted by Gasteiger charge is -2.15. The second-order valence-electron chi connectivity index (χ2n) is 4.84. The van der Waals surface area contributed by atoms with Crippen molar-refractivity contribution >= 4 is 33.4 Å². The van der Waals surface area contributed by atoms with Crippen LogP contribution < -0.4 is 10.2 Å². The zero-order valence-electron chi connectivity index (χ0n) is 11.4. The number of imide groups is 1. The molecule has 1 aliphatic heterocycles. The van der Waals surface area contributed by atoms with E-state index in [2.05, 4.69) is 21.2 Å². The molecule has 2 aromatic rings. The summed E-state index contributed by atoms with van der Waals surface area (Å²) < 4.78 is 0.785. The van der Waals surface area contributed by atoms with Gasteiger partial charge in [-0.05, 0) is 42.9 Å². The lowest BCUT2D eigenvalue weighted by atomic mass is 10.1. The Morgan fingerprint density at radius 2 is 1.81 bits per heavy atom. The Kier molecular flexibility index (Phi) is 3.61. The van der Waals surface area contributed by atoms with Gasteiger partial charge in [0.05, 0.1) is 16.8 Å². The summed E-state index contributed by atoms with van der Waals surface area (Å²) >= 11 is 3.33. The van der Waals surface area contributed by atoms with Crippen LogP contribution in [0.25, 0.3) is 0 Å². The van der Waals surface area contributed by atoms with E-state index in [9.17, 15) is 9.59 Å². The molecular weight excluding hydrogens is 332 g/mol. The Labute approximate surface area is 130 Å². The first-order valence-corrected chi connectivity index (χ1v) is 7.33. The van der Waals surface area contributed by atoms with Gasteiger partial charge in [-0.3, -0.25) is 9.59 Å². The van der Waals surface area contributed by atoms with Crippen molar-refractivity contribution in [3.8, 4) is 0 Å². The van der Waals surface area contributed by atoms with E-state index >= 15 is 0 Å². The molecule has 4 nitrogen and oxygen atoms in total. The lowest BCUT2D eigenvalue weighted by molar-refractivity contribution is 0.0926. The second kappa shape index (κ2) is 5.42. The number of nitrogens with one attached hydrogen (secondary N) is 1. The number of rotatable bonds is 3. The number of benzene rings is 2. The van der Waals surface area contributed by atoms with Gasteiger partial charge < -0.3 is 5.32 Å². The highest BCUT2D eigenvalue weighted by atomic mass is 79.9. The van der Waals surface area contributed by atoms with Crippen LogP contribution in [0.15, 0.2) is 46.9 Å². The number of amides is 2. The fourth-order valence-corrected chi connectivity index (χ4v) is 2.82. The Morgan fingerprint density at radius 1 is 1.05 bits per heavy atom. The largest absolute Gasteiger partial charge is 0.316 e. The molecule has 1 heterocycles. The Bertz CT molecular complexity index is 743. The predicted molar refractivity (Wildman–Crippen MR) is 84.5 cm³/mol. The van der Waals surface area contributed by atoms with Gasteiger partial charge in [0.25, 0.3) is 11.8 Å². The lowest BCUT2D eigenvalue weighted by Crippen LogP contribution is -2.29. The zero-order chi connectivity index (χ0) is 15.0. The molecule has 0 saturated heterocycles. The standard InChI is InChI=1S/C16H13BrN2O2/c1-18-9-10-3-2-4-12(7-10)19-15(20)13-6-5-11(17)8-14(13)16(19)21/h2-8,18H,9H2,1H3. The molecule has 5 heteroatoms. The van der Waals surface area contributed by atoms with Gasteiger partial charge in [0.1, 0.15) is 0 Å².